The van der Waals surface area contributed by atoms with Gasteiger partial charge in [0.2, 0.25) is 0 Å². The predicted molar refractivity (Wildman–Crippen MR) is 75.9 cm³/mol. The Bertz CT molecular complexity index is 444. The van der Waals surface area contributed by atoms with Crippen LogP contribution in [0, 0.1) is 11.8 Å². The number of hydrogen-bond acceptors (Lipinski definition) is 2. The van der Waals surface area contributed by atoms with Crippen molar-refractivity contribution >= 4 is 23.1 Å². The number of benzene rings is 1. The molecule has 0 bridgehead atoms. The van der Waals surface area contributed by atoms with E-state index in [1.165, 1.54) is 12.8 Å². The quantitative estimate of drug-likeness (QED) is 0.653. The van der Waals surface area contributed by atoms with Crippen molar-refractivity contribution in [2.45, 2.75) is 39.0 Å². The molecule has 0 saturated heterocycles. The first kappa shape index (κ1) is 13.4. The normalized spacial score (nSPS) is 23.9. The molecule has 2 atom stereocenters. The van der Waals surface area contributed by atoms with Crippen LogP contribution in [0.4, 0.5) is 5.69 Å². The Morgan fingerprint density at radius 3 is 2.89 bits per heavy atom. The van der Waals surface area contributed by atoms with Gasteiger partial charge < -0.3 is 5.73 Å². The van der Waals surface area contributed by atoms with E-state index in [9.17, 15) is 4.79 Å². The Balaban J connectivity index is 2.12. The maximum absolute atomic E-state index is 12.4. The molecule has 1 aromatic rings. The maximum atomic E-state index is 12.4. The van der Waals surface area contributed by atoms with Crippen molar-refractivity contribution in [1.82, 2.24) is 0 Å². The number of carbonyl (C=O) groups is 1. The minimum Gasteiger partial charge on any atom is -0.398 e. The van der Waals surface area contributed by atoms with Crippen LogP contribution in [0.2, 0.25) is 5.02 Å². The molecule has 0 spiro atoms. The highest BCUT2D eigenvalue weighted by Gasteiger charge is 2.27. The summed E-state index contributed by atoms with van der Waals surface area (Å²) in [5, 5.41) is 0.515. The van der Waals surface area contributed by atoms with Crippen molar-refractivity contribution in [1.29, 1.82) is 0 Å². The summed E-state index contributed by atoms with van der Waals surface area (Å²) in [5.41, 5.74) is 6.96. The van der Waals surface area contributed by atoms with E-state index in [1.807, 2.05) is 0 Å². The molecule has 0 amide bonds. The molecule has 0 aliphatic heterocycles. The number of Topliss-reactive ketones (excluding diaryl/α,β-unsaturated/α-hetero) is 1. The molecule has 98 valence electrons. The molecule has 1 fully saturated rings. The van der Waals surface area contributed by atoms with Crippen molar-refractivity contribution in [3.8, 4) is 0 Å². The van der Waals surface area contributed by atoms with Crippen LogP contribution < -0.4 is 5.73 Å². The fourth-order valence-corrected chi connectivity index (χ4v) is 2.95. The van der Waals surface area contributed by atoms with E-state index < -0.39 is 0 Å². The van der Waals surface area contributed by atoms with Crippen LogP contribution in [-0.2, 0) is 0 Å². The second-order valence-electron chi connectivity index (χ2n) is 5.24. The number of anilines is 1. The summed E-state index contributed by atoms with van der Waals surface area (Å²) in [6.07, 6.45) is 5.64. The highest BCUT2D eigenvalue weighted by molar-refractivity contribution is 6.33. The number of ketones is 1. The topological polar surface area (TPSA) is 43.1 Å². The summed E-state index contributed by atoms with van der Waals surface area (Å²) >= 11 is 5.88. The monoisotopic (exact) mass is 265 g/mol. The van der Waals surface area contributed by atoms with E-state index in [4.69, 9.17) is 17.3 Å². The standard InChI is InChI=1S/C15H20ClNO/c1-2-10-4-3-5-11(8-10)15(18)12-6-7-13(16)14(17)9-12/h6-7,9-11H,2-5,8,17H2,1H3. The minimum atomic E-state index is 0.171. The molecular weight excluding hydrogens is 246 g/mol. The van der Waals surface area contributed by atoms with Crippen molar-refractivity contribution in [3.63, 3.8) is 0 Å². The van der Waals surface area contributed by atoms with Gasteiger partial charge in [-0.25, -0.2) is 0 Å². The lowest BCUT2D eigenvalue weighted by Crippen LogP contribution is -2.22. The van der Waals surface area contributed by atoms with Crippen LogP contribution >= 0.6 is 11.6 Å². The molecule has 1 aliphatic rings. The van der Waals surface area contributed by atoms with E-state index in [0.717, 1.165) is 19.3 Å². The van der Waals surface area contributed by atoms with Gasteiger partial charge in [-0.2, -0.15) is 0 Å². The molecule has 1 aromatic carbocycles. The van der Waals surface area contributed by atoms with Gasteiger partial charge >= 0.3 is 0 Å². The smallest absolute Gasteiger partial charge is 0.166 e. The van der Waals surface area contributed by atoms with Crippen LogP contribution in [0.3, 0.4) is 0 Å². The average molecular weight is 266 g/mol. The highest BCUT2D eigenvalue weighted by atomic mass is 35.5. The van der Waals surface area contributed by atoms with Gasteiger partial charge in [-0.3, -0.25) is 4.79 Å². The van der Waals surface area contributed by atoms with E-state index >= 15 is 0 Å². The third kappa shape index (κ3) is 2.86. The van der Waals surface area contributed by atoms with Crippen LogP contribution in [0.25, 0.3) is 0 Å². The van der Waals surface area contributed by atoms with E-state index in [2.05, 4.69) is 6.92 Å². The lowest BCUT2D eigenvalue weighted by atomic mass is 9.77. The van der Waals surface area contributed by atoms with Gasteiger partial charge in [-0.1, -0.05) is 37.8 Å². The van der Waals surface area contributed by atoms with Gasteiger partial charge in [0.15, 0.2) is 5.78 Å². The van der Waals surface area contributed by atoms with Gasteiger partial charge in [-0.15, -0.1) is 0 Å². The second-order valence-corrected chi connectivity index (χ2v) is 5.65. The first-order chi connectivity index (χ1) is 8.61. The van der Waals surface area contributed by atoms with Crippen molar-refractivity contribution in [3.05, 3.63) is 28.8 Å². The molecule has 2 N–H and O–H groups in total. The van der Waals surface area contributed by atoms with Gasteiger partial charge in [0.05, 0.1) is 10.7 Å². The molecule has 1 saturated carbocycles. The Kier molecular flexibility index (Phi) is 4.28. The average Bonchev–Trinajstić information content (AvgIpc) is 2.41. The lowest BCUT2D eigenvalue weighted by molar-refractivity contribution is 0.0862. The van der Waals surface area contributed by atoms with Gasteiger partial charge in [0, 0.05) is 11.5 Å². The largest absolute Gasteiger partial charge is 0.398 e. The maximum Gasteiger partial charge on any atom is 0.166 e. The first-order valence-corrected chi connectivity index (χ1v) is 7.08. The third-order valence-electron chi connectivity index (χ3n) is 4.01. The molecule has 0 aromatic heterocycles. The van der Waals surface area contributed by atoms with Crippen LogP contribution in [0.1, 0.15) is 49.4 Å². The second kappa shape index (κ2) is 5.75. The van der Waals surface area contributed by atoms with Gasteiger partial charge in [0.1, 0.15) is 0 Å². The predicted octanol–water partition coefficient (Wildman–Crippen LogP) is 4.32. The van der Waals surface area contributed by atoms with Crippen LogP contribution in [0.15, 0.2) is 18.2 Å². The summed E-state index contributed by atoms with van der Waals surface area (Å²) in [7, 11) is 0. The fourth-order valence-electron chi connectivity index (χ4n) is 2.83. The molecule has 1 aliphatic carbocycles. The molecule has 3 heteroatoms. The van der Waals surface area contributed by atoms with Crippen molar-refractivity contribution in [2.24, 2.45) is 11.8 Å². The summed E-state index contributed by atoms with van der Waals surface area (Å²) in [6.45, 7) is 2.21. The lowest BCUT2D eigenvalue weighted by Gasteiger charge is -2.27. The number of hydrogen-bond donors (Lipinski definition) is 1. The summed E-state index contributed by atoms with van der Waals surface area (Å²) in [5.74, 6) is 1.11. The Labute approximate surface area is 114 Å². The van der Waals surface area contributed by atoms with E-state index in [1.54, 1.807) is 18.2 Å². The van der Waals surface area contributed by atoms with Crippen molar-refractivity contribution < 1.29 is 4.79 Å². The minimum absolute atomic E-state index is 0.171. The molecular formula is C15H20ClNO. The highest BCUT2D eigenvalue weighted by Crippen LogP contribution is 2.33. The number of nitrogens with two attached hydrogens (primary N) is 1. The number of rotatable bonds is 3. The fraction of sp³-hybridized carbons (Fsp3) is 0.533. The van der Waals surface area contributed by atoms with E-state index in [0.29, 0.717) is 22.2 Å². The molecule has 0 heterocycles. The zero-order valence-corrected chi connectivity index (χ0v) is 11.5. The molecule has 0 radical (unpaired) electrons. The zero-order chi connectivity index (χ0) is 13.1. The SMILES string of the molecule is CCC1CCCC(C(=O)c2ccc(Cl)c(N)c2)C1. The Morgan fingerprint density at radius 1 is 1.44 bits per heavy atom. The van der Waals surface area contributed by atoms with Gasteiger partial charge in [-0.05, 0) is 37.0 Å². The number of nitrogen functional groups attached to an aromatic ring is 1. The van der Waals surface area contributed by atoms with Crippen LogP contribution in [-0.4, -0.2) is 5.78 Å². The molecule has 2 nitrogen and oxygen atoms in total. The Morgan fingerprint density at radius 2 is 2.22 bits per heavy atom. The molecule has 2 unspecified atom stereocenters. The number of carbonyl (C=O) groups excluding carboxylic acids is 1. The molecule has 2 rings (SSSR count). The summed E-state index contributed by atoms with van der Waals surface area (Å²) < 4.78 is 0. The van der Waals surface area contributed by atoms with Crippen LogP contribution in [0.5, 0.6) is 0 Å². The Hall–Kier alpha value is -1.02. The first-order valence-electron chi connectivity index (χ1n) is 6.71. The third-order valence-corrected chi connectivity index (χ3v) is 4.36. The van der Waals surface area contributed by atoms with Crippen molar-refractivity contribution in [2.75, 3.05) is 5.73 Å². The molecule has 18 heavy (non-hydrogen) atoms. The van der Waals surface area contributed by atoms with Gasteiger partial charge in [0.25, 0.3) is 0 Å². The zero-order valence-electron chi connectivity index (χ0n) is 10.8. The van der Waals surface area contributed by atoms with E-state index in [-0.39, 0.29) is 11.7 Å². The summed E-state index contributed by atoms with van der Waals surface area (Å²) in [6, 6.07) is 5.21. The summed E-state index contributed by atoms with van der Waals surface area (Å²) in [4.78, 5) is 12.4. The number of halogens is 1.